The van der Waals surface area contributed by atoms with Crippen molar-refractivity contribution in [2.24, 2.45) is 5.73 Å². The van der Waals surface area contributed by atoms with Crippen molar-refractivity contribution < 1.29 is 9.15 Å². The maximum absolute atomic E-state index is 5.71. The van der Waals surface area contributed by atoms with Gasteiger partial charge in [0.1, 0.15) is 18.1 Å². The molecule has 0 atom stereocenters. The van der Waals surface area contributed by atoms with Crippen molar-refractivity contribution in [2.75, 3.05) is 0 Å². The summed E-state index contributed by atoms with van der Waals surface area (Å²) in [7, 11) is 0. The minimum absolute atomic E-state index is 0.419. The van der Waals surface area contributed by atoms with Gasteiger partial charge in [-0.25, -0.2) is 0 Å². The van der Waals surface area contributed by atoms with E-state index in [1.807, 2.05) is 18.2 Å². The monoisotopic (exact) mass is 231 g/mol. The van der Waals surface area contributed by atoms with E-state index in [4.69, 9.17) is 14.9 Å². The first kappa shape index (κ1) is 11.7. The van der Waals surface area contributed by atoms with E-state index in [2.05, 4.69) is 19.9 Å². The van der Waals surface area contributed by atoms with E-state index >= 15 is 0 Å². The van der Waals surface area contributed by atoms with Gasteiger partial charge in [0, 0.05) is 12.1 Å². The maximum atomic E-state index is 5.71. The highest BCUT2D eigenvalue weighted by Crippen LogP contribution is 2.19. The van der Waals surface area contributed by atoms with E-state index in [0.717, 1.165) is 17.1 Å². The molecule has 1 heterocycles. The van der Waals surface area contributed by atoms with Crippen LogP contribution in [0.15, 0.2) is 34.9 Å². The molecule has 2 N–H and O–H groups in total. The number of hydrogen-bond acceptors (Lipinski definition) is 3. The van der Waals surface area contributed by atoms with Crippen LogP contribution in [0.2, 0.25) is 0 Å². The van der Waals surface area contributed by atoms with Gasteiger partial charge in [-0.3, -0.25) is 0 Å². The molecule has 3 heteroatoms. The SMILES string of the molecule is Cc1cc(C)cc(OCc2occc2CN)c1. The lowest BCUT2D eigenvalue weighted by atomic mass is 10.1. The molecule has 0 spiro atoms. The zero-order valence-corrected chi connectivity index (χ0v) is 10.2. The van der Waals surface area contributed by atoms with Gasteiger partial charge in [0.25, 0.3) is 0 Å². The second-order valence-electron chi connectivity index (χ2n) is 4.19. The predicted octanol–water partition coefficient (Wildman–Crippen LogP) is 2.93. The quantitative estimate of drug-likeness (QED) is 0.880. The van der Waals surface area contributed by atoms with Crippen molar-refractivity contribution in [3.8, 4) is 5.75 Å². The van der Waals surface area contributed by atoms with Gasteiger partial charge in [-0.15, -0.1) is 0 Å². The normalized spacial score (nSPS) is 10.5. The molecule has 0 aliphatic rings. The van der Waals surface area contributed by atoms with Gasteiger partial charge >= 0.3 is 0 Å². The van der Waals surface area contributed by atoms with Crippen LogP contribution in [0.4, 0.5) is 0 Å². The van der Waals surface area contributed by atoms with Crippen LogP contribution in [-0.4, -0.2) is 0 Å². The van der Waals surface area contributed by atoms with E-state index in [9.17, 15) is 0 Å². The van der Waals surface area contributed by atoms with Crippen LogP contribution in [0.3, 0.4) is 0 Å². The fourth-order valence-corrected chi connectivity index (χ4v) is 1.84. The fourth-order valence-electron chi connectivity index (χ4n) is 1.84. The van der Waals surface area contributed by atoms with Gasteiger partial charge in [0.05, 0.1) is 6.26 Å². The molecule has 0 radical (unpaired) electrons. The molecule has 0 aliphatic heterocycles. The summed E-state index contributed by atoms with van der Waals surface area (Å²) in [5, 5.41) is 0. The second-order valence-corrected chi connectivity index (χ2v) is 4.19. The van der Waals surface area contributed by atoms with E-state index in [1.165, 1.54) is 11.1 Å². The second kappa shape index (κ2) is 5.06. The molecule has 0 saturated heterocycles. The van der Waals surface area contributed by atoms with Crippen molar-refractivity contribution in [3.05, 3.63) is 53.0 Å². The molecular formula is C14H17NO2. The average molecular weight is 231 g/mol. The number of nitrogens with two attached hydrogens (primary N) is 1. The van der Waals surface area contributed by atoms with Crippen molar-refractivity contribution in [1.29, 1.82) is 0 Å². The zero-order chi connectivity index (χ0) is 12.3. The molecule has 3 nitrogen and oxygen atoms in total. The number of hydrogen-bond donors (Lipinski definition) is 1. The minimum Gasteiger partial charge on any atom is -0.486 e. The largest absolute Gasteiger partial charge is 0.486 e. The molecule has 0 aliphatic carbocycles. The van der Waals surface area contributed by atoms with E-state index in [0.29, 0.717) is 13.2 Å². The molecule has 2 rings (SSSR count). The van der Waals surface area contributed by atoms with E-state index in [-0.39, 0.29) is 0 Å². The summed E-state index contributed by atoms with van der Waals surface area (Å²) in [5.74, 6) is 1.66. The highest BCUT2D eigenvalue weighted by atomic mass is 16.5. The zero-order valence-electron chi connectivity index (χ0n) is 10.2. The highest BCUT2D eigenvalue weighted by molar-refractivity contribution is 5.33. The van der Waals surface area contributed by atoms with Crippen LogP contribution in [0, 0.1) is 13.8 Å². The first-order chi connectivity index (χ1) is 8.19. The smallest absolute Gasteiger partial charge is 0.146 e. The van der Waals surface area contributed by atoms with Crippen LogP contribution in [0.1, 0.15) is 22.5 Å². The molecule has 0 fully saturated rings. The first-order valence-electron chi connectivity index (χ1n) is 5.65. The van der Waals surface area contributed by atoms with Gasteiger partial charge in [-0.2, -0.15) is 0 Å². The third kappa shape index (κ3) is 2.88. The Morgan fingerprint density at radius 3 is 2.53 bits per heavy atom. The Morgan fingerprint density at radius 1 is 1.18 bits per heavy atom. The standard InChI is InChI=1S/C14H17NO2/c1-10-5-11(2)7-13(6-10)17-9-14-12(8-15)3-4-16-14/h3-7H,8-9,15H2,1-2H3. The fraction of sp³-hybridized carbons (Fsp3) is 0.286. The van der Waals surface area contributed by atoms with Crippen molar-refractivity contribution in [2.45, 2.75) is 27.0 Å². The van der Waals surface area contributed by atoms with Gasteiger partial charge in [0.2, 0.25) is 0 Å². The number of ether oxygens (including phenoxy) is 1. The van der Waals surface area contributed by atoms with Crippen LogP contribution in [0.25, 0.3) is 0 Å². The number of furan rings is 1. The molecule has 0 saturated carbocycles. The molecule has 17 heavy (non-hydrogen) atoms. The van der Waals surface area contributed by atoms with Crippen LogP contribution < -0.4 is 10.5 Å². The Morgan fingerprint density at radius 2 is 1.88 bits per heavy atom. The highest BCUT2D eigenvalue weighted by Gasteiger charge is 2.05. The molecule has 0 amide bonds. The molecule has 1 aromatic heterocycles. The van der Waals surface area contributed by atoms with Gasteiger partial charge in [-0.05, 0) is 43.2 Å². The third-order valence-corrected chi connectivity index (χ3v) is 2.62. The summed E-state index contributed by atoms with van der Waals surface area (Å²) in [5.41, 5.74) is 8.98. The molecule has 2 aromatic rings. The van der Waals surface area contributed by atoms with Crippen molar-refractivity contribution in [3.63, 3.8) is 0 Å². The van der Waals surface area contributed by atoms with Crippen LogP contribution >= 0.6 is 0 Å². The van der Waals surface area contributed by atoms with Gasteiger partial charge in [0.15, 0.2) is 0 Å². The Hall–Kier alpha value is -1.74. The summed E-state index contributed by atoms with van der Waals surface area (Å²) in [6, 6.07) is 8.02. The molecule has 0 bridgehead atoms. The predicted molar refractivity (Wildman–Crippen MR) is 66.8 cm³/mol. The van der Waals surface area contributed by atoms with Gasteiger partial charge < -0.3 is 14.9 Å². The summed E-state index contributed by atoms with van der Waals surface area (Å²) in [6.45, 7) is 5.00. The Kier molecular flexibility index (Phi) is 3.49. The van der Waals surface area contributed by atoms with Crippen molar-refractivity contribution >= 4 is 0 Å². The summed E-state index contributed by atoms with van der Waals surface area (Å²) < 4.78 is 11.0. The first-order valence-corrected chi connectivity index (χ1v) is 5.65. The molecule has 90 valence electrons. The lowest BCUT2D eigenvalue weighted by Crippen LogP contribution is -2.02. The van der Waals surface area contributed by atoms with Crippen molar-refractivity contribution in [1.82, 2.24) is 0 Å². The molecule has 1 aromatic carbocycles. The number of benzene rings is 1. The van der Waals surface area contributed by atoms with Gasteiger partial charge in [-0.1, -0.05) is 6.07 Å². The molecular weight excluding hydrogens is 214 g/mol. The minimum atomic E-state index is 0.419. The van der Waals surface area contributed by atoms with Crippen LogP contribution in [0.5, 0.6) is 5.75 Å². The maximum Gasteiger partial charge on any atom is 0.146 e. The third-order valence-electron chi connectivity index (χ3n) is 2.62. The summed E-state index contributed by atoms with van der Waals surface area (Å²) in [6.07, 6.45) is 1.64. The summed E-state index contributed by atoms with van der Waals surface area (Å²) in [4.78, 5) is 0. The summed E-state index contributed by atoms with van der Waals surface area (Å²) >= 11 is 0. The van der Waals surface area contributed by atoms with E-state index in [1.54, 1.807) is 6.26 Å². The Labute approximate surface area is 101 Å². The Balaban J connectivity index is 2.07. The number of rotatable bonds is 4. The Bertz CT molecular complexity index is 482. The average Bonchev–Trinajstić information content (AvgIpc) is 2.72. The molecule has 0 unspecified atom stereocenters. The van der Waals surface area contributed by atoms with Crippen LogP contribution in [-0.2, 0) is 13.2 Å². The van der Waals surface area contributed by atoms with E-state index < -0.39 is 0 Å². The topological polar surface area (TPSA) is 48.4 Å². The number of aryl methyl sites for hydroxylation is 2. The lowest BCUT2D eigenvalue weighted by Gasteiger charge is -2.07. The lowest BCUT2D eigenvalue weighted by molar-refractivity contribution is 0.268.